The van der Waals surface area contributed by atoms with Gasteiger partial charge in [-0.15, -0.1) is 0 Å². The Labute approximate surface area is 136 Å². The number of rotatable bonds is 8. The molecule has 0 aliphatic rings. The second-order valence-electron chi connectivity index (χ2n) is 7.18. The molecule has 1 aromatic heterocycles. The van der Waals surface area contributed by atoms with E-state index in [2.05, 4.69) is 57.5 Å². The van der Waals surface area contributed by atoms with E-state index in [1.807, 2.05) is 18.2 Å². The molecule has 1 rings (SSSR count). The number of nitriles is 1. The van der Waals surface area contributed by atoms with Gasteiger partial charge in [0.1, 0.15) is 5.41 Å². The number of pyridine rings is 1. The third kappa shape index (κ3) is 4.81. The lowest BCUT2D eigenvalue weighted by Crippen LogP contribution is -2.41. The molecule has 0 amide bonds. The van der Waals surface area contributed by atoms with Gasteiger partial charge in [0.25, 0.3) is 0 Å². The van der Waals surface area contributed by atoms with Gasteiger partial charge in [0.05, 0.1) is 11.8 Å². The van der Waals surface area contributed by atoms with Crippen molar-refractivity contribution < 1.29 is 0 Å². The maximum absolute atomic E-state index is 9.96. The molecule has 1 heterocycles. The van der Waals surface area contributed by atoms with Crippen molar-refractivity contribution in [2.75, 3.05) is 6.54 Å². The fourth-order valence-corrected chi connectivity index (χ4v) is 3.27. The lowest BCUT2D eigenvalue weighted by atomic mass is 9.75. The molecule has 0 N–H and O–H groups in total. The van der Waals surface area contributed by atoms with E-state index in [4.69, 9.17) is 0 Å². The Morgan fingerprint density at radius 2 is 1.77 bits per heavy atom. The van der Waals surface area contributed by atoms with Crippen molar-refractivity contribution in [2.45, 2.75) is 71.9 Å². The maximum atomic E-state index is 9.96. The van der Waals surface area contributed by atoms with Crippen LogP contribution >= 0.6 is 0 Å². The minimum Gasteiger partial charge on any atom is -0.298 e. The van der Waals surface area contributed by atoms with Gasteiger partial charge in [0.2, 0.25) is 0 Å². The largest absolute Gasteiger partial charge is 0.298 e. The van der Waals surface area contributed by atoms with Gasteiger partial charge < -0.3 is 0 Å². The van der Waals surface area contributed by atoms with Crippen LogP contribution in [0.25, 0.3) is 0 Å². The zero-order chi connectivity index (χ0) is 16.8. The van der Waals surface area contributed by atoms with Crippen molar-refractivity contribution in [3.8, 4) is 6.07 Å². The number of nitrogens with zero attached hydrogens (tertiary/aromatic N) is 3. The molecule has 0 aromatic carbocycles. The Morgan fingerprint density at radius 3 is 2.18 bits per heavy atom. The minimum atomic E-state index is -0.489. The van der Waals surface area contributed by atoms with Crippen LogP contribution in [0.15, 0.2) is 24.4 Å². The quantitative estimate of drug-likeness (QED) is 0.714. The third-order valence-electron chi connectivity index (χ3n) is 4.25. The zero-order valence-electron chi connectivity index (χ0n) is 15.0. The standard InChI is InChI=1S/C19H31N3/c1-15(2)13-19(14-20,18-9-7-8-11-21-18)10-12-22(16(3)4)17(5)6/h7-9,11,15-17H,10,12-13H2,1-6H3/t19-/m0/s1. The van der Waals surface area contributed by atoms with Crippen molar-refractivity contribution >= 4 is 0 Å². The average molecular weight is 301 g/mol. The fraction of sp³-hybridized carbons (Fsp3) is 0.684. The van der Waals surface area contributed by atoms with Crippen molar-refractivity contribution in [3.05, 3.63) is 30.1 Å². The molecule has 0 bridgehead atoms. The Kier molecular flexibility index (Phi) is 7.03. The summed E-state index contributed by atoms with van der Waals surface area (Å²) in [6.07, 6.45) is 3.48. The van der Waals surface area contributed by atoms with Crippen molar-refractivity contribution in [3.63, 3.8) is 0 Å². The third-order valence-corrected chi connectivity index (χ3v) is 4.25. The molecule has 3 heteroatoms. The SMILES string of the molecule is CC(C)C[C@](C#N)(CCN(C(C)C)C(C)C)c1ccccn1. The fourth-order valence-electron chi connectivity index (χ4n) is 3.27. The molecule has 1 aromatic rings. The van der Waals surface area contributed by atoms with Crippen LogP contribution in [0.5, 0.6) is 0 Å². The van der Waals surface area contributed by atoms with Crippen LogP contribution in [0.1, 0.15) is 60.1 Å². The van der Waals surface area contributed by atoms with Gasteiger partial charge >= 0.3 is 0 Å². The summed E-state index contributed by atoms with van der Waals surface area (Å²) in [5.41, 5.74) is 0.427. The summed E-state index contributed by atoms with van der Waals surface area (Å²) < 4.78 is 0. The molecule has 0 saturated heterocycles. The molecule has 0 aliphatic heterocycles. The zero-order valence-corrected chi connectivity index (χ0v) is 15.0. The summed E-state index contributed by atoms with van der Waals surface area (Å²) >= 11 is 0. The Balaban J connectivity index is 3.04. The van der Waals surface area contributed by atoms with Gasteiger partial charge in [-0.05, 0) is 58.6 Å². The highest BCUT2D eigenvalue weighted by atomic mass is 15.2. The second-order valence-corrected chi connectivity index (χ2v) is 7.18. The lowest BCUT2D eigenvalue weighted by molar-refractivity contribution is 0.158. The molecule has 0 saturated carbocycles. The van der Waals surface area contributed by atoms with Crippen LogP contribution in [0.3, 0.4) is 0 Å². The molecule has 0 unspecified atom stereocenters. The number of hydrogen-bond acceptors (Lipinski definition) is 3. The molecule has 0 aliphatic carbocycles. The molecule has 22 heavy (non-hydrogen) atoms. The summed E-state index contributed by atoms with van der Waals surface area (Å²) in [6.45, 7) is 14.2. The monoisotopic (exact) mass is 301 g/mol. The Hall–Kier alpha value is -1.40. The summed E-state index contributed by atoms with van der Waals surface area (Å²) in [5.74, 6) is 0.466. The van der Waals surface area contributed by atoms with Gasteiger partial charge in [-0.25, -0.2) is 0 Å². The summed E-state index contributed by atoms with van der Waals surface area (Å²) in [7, 11) is 0. The smallest absolute Gasteiger partial charge is 0.101 e. The molecule has 0 fully saturated rings. The van der Waals surface area contributed by atoms with E-state index in [1.54, 1.807) is 6.20 Å². The highest BCUT2D eigenvalue weighted by molar-refractivity contribution is 5.26. The van der Waals surface area contributed by atoms with Crippen LogP contribution in [0.4, 0.5) is 0 Å². The molecule has 0 radical (unpaired) electrons. The van der Waals surface area contributed by atoms with Gasteiger partial charge in [-0.1, -0.05) is 19.9 Å². The van der Waals surface area contributed by atoms with Crippen LogP contribution < -0.4 is 0 Å². The first-order valence-electron chi connectivity index (χ1n) is 8.41. The van der Waals surface area contributed by atoms with Crippen LogP contribution in [0, 0.1) is 17.2 Å². The van der Waals surface area contributed by atoms with Crippen molar-refractivity contribution in [2.24, 2.45) is 5.92 Å². The van der Waals surface area contributed by atoms with Gasteiger partial charge in [-0.3, -0.25) is 9.88 Å². The molecule has 0 spiro atoms. The van der Waals surface area contributed by atoms with Crippen LogP contribution in [-0.4, -0.2) is 28.5 Å². The van der Waals surface area contributed by atoms with E-state index in [1.165, 1.54) is 0 Å². The highest BCUT2D eigenvalue weighted by Crippen LogP contribution is 2.33. The van der Waals surface area contributed by atoms with Crippen molar-refractivity contribution in [1.29, 1.82) is 5.26 Å². The number of aromatic nitrogens is 1. The molecule has 122 valence electrons. The van der Waals surface area contributed by atoms with E-state index in [0.29, 0.717) is 18.0 Å². The number of hydrogen-bond donors (Lipinski definition) is 0. The Bertz CT molecular complexity index is 465. The Morgan fingerprint density at radius 1 is 1.14 bits per heavy atom. The highest BCUT2D eigenvalue weighted by Gasteiger charge is 2.35. The maximum Gasteiger partial charge on any atom is 0.101 e. The van der Waals surface area contributed by atoms with E-state index in [0.717, 1.165) is 25.1 Å². The van der Waals surface area contributed by atoms with E-state index in [9.17, 15) is 5.26 Å². The van der Waals surface area contributed by atoms with Crippen LogP contribution in [-0.2, 0) is 5.41 Å². The first-order chi connectivity index (χ1) is 10.3. The first-order valence-corrected chi connectivity index (χ1v) is 8.41. The van der Waals surface area contributed by atoms with Crippen LogP contribution in [0.2, 0.25) is 0 Å². The second kappa shape index (κ2) is 8.29. The summed E-state index contributed by atoms with van der Waals surface area (Å²) in [6, 6.07) is 9.47. The summed E-state index contributed by atoms with van der Waals surface area (Å²) in [5, 5.41) is 9.96. The normalized spacial score (nSPS) is 14.6. The van der Waals surface area contributed by atoms with E-state index < -0.39 is 5.41 Å². The molecular formula is C19H31N3. The molecular weight excluding hydrogens is 270 g/mol. The molecule has 3 nitrogen and oxygen atoms in total. The van der Waals surface area contributed by atoms with Gasteiger partial charge in [-0.2, -0.15) is 5.26 Å². The molecule has 1 atom stereocenters. The minimum absolute atomic E-state index is 0.466. The predicted molar refractivity (Wildman–Crippen MR) is 92.6 cm³/mol. The van der Waals surface area contributed by atoms with Gasteiger partial charge in [0.15, 0.2) is 0 Å². The topological polar surface area (TPSA) is 39.9 Å². The van der Waals surface area contributed by atoms with E-state index >= 15 is 0 Å². The van der Waals surface area contributed by atoms with Gasteiger partial charge in [0, 0.05) is 24.8 Å². The summed E-state index contributed by atoms with van der Waals surface area (Å²) in [4.78, 5) is 6.96. The van der Waals surface area contributed by atoms with E-state index in [-0.39, 0.29) is 0 Å². The lowest BCUT2D eigenvalue weighted by Gasteiger charge is -2.35. The first kappa shape index (κ1) is 18.6. The predicted octanol–water partition coefficient (Wildman–Crippen LogP) is 4.40. The average Bonchev–Trinajstić information content (AvgIpc) is 2.46. The van der Waals surface area contributed by atoms with Crippen molar-refractivity contribution in [1.82, 2.24) is 9.88 Å².